The third-order valence-corrected chi connectivity index (χ3v) is 3.02. The first-order valence-electron chi connectivity index (χ1n) is 4.80. The second-order valence-corrected chi connectivity index (χ2v) is 4.36. The number of rotatable bonds is 3. The number of thiophene rings is 1. The van der Waals surface area contributed by atoms with Gasteiger partial charge >= 0.3 is 5.00 Å². The number of para-hydroxylation sites is 1. The van der Waals surface area contributed by atoms with Gasteiger partial charge in [0.25, 0.3) is 0 Å². The average molecular weight is 268 g/mol. The molecule has 18 heavy (non-hydrogen) atoms. The van der Waals surface area contributed by atoms with Gasteiger partial charge in [0.2, 0.25) is 0 Å². The van der Waals surface area contributed by atoms with Crippen molar-refractivity contribution >= 4 is 28.2 Å². The number of aliphatic imine (C=N–C) groups is 1. The number of benzene rings is 1. The Hall–Kier alpha value is -2.15. The lowest BCUT2D eigenvalue weighted by atomic mass is 10.3. The highest BCUT2D eigenvalue weighted by molar-refractivity contribution is 7.16. The van der Waals surface area contributed by atoms with Crippen molar-refractivity contribution in [1.82, 2.24) is 0 Å². The fourth-order valence-electron chi connectivity index (χ4n) is 1.25. The van der Waals surface area contributed by atoms with Crippen LogP contribution in [0.1, 0.15) is 4.88 Å². The van der Waals surface area contributed by atoms with Crippen molar-refractivity contribution in [2.45, 2.75) is 0 Å². The number of hydrogen-bond donors (Lipinski definition) is 0. The highest BCUT2D eigenvalue weighted by Crippen LogP contribution is 2.25. The summed E-state index contributed by atoms with van der Waals surface area (Å²) in [5.74, 6) is -1.56. The lowest BCUT2D eigenvalue weighted by molar-refractivity contribution is -0.380. The van der Waals surface area contributed by atoms with Gasteiger partial charge in [-0.15, -0.1) is 0 Å². The van der Waals surface area contributed by atoms with Gasteiger partial charge in [-0.2, -0.15) is 0 Å². The summed E-state index contributed by atoms with van der Waals surface area (Å²) in [6, 6.07) is 6.19. The molecule has 1 aromatic carbocycles. The number of nitro groups is 1. The van der Waals surface area contributed by atoms with Crippen molar-refractivity contribution in [2.75, 3.05) is 0 Å². The van der Waals surface area contributed by atoms with E-state index in [9.17, 15) is 18.9 Å². The zero-order valence-corrected chi connectivity index (χ0v) is 9.66. The van der Waals surface area contributed by atoms with Crippen molar-refractivity contribution in [3.05, 3.63) is 57.0 Å². The molecule has 0 fully saturated rings. The second kappa shape index (κ2) is 5.01. The maximum atomic E-state index is 13.2. The topological polar surface area (TPSA) is 55.5 Å². The minimum Gasteiger partial charge on any atom is -0.258 e. The minimum atomic E-state index is -0.780. The smallest absolute Gasteiger partial charge is 0.258 e. The van der Waals surface area contributed by atoms with Gasteiger partial charge in [-0.05, 0) is 18.2 Å². The van der Waals surface area contributed by atoms with Gasteiger partial charge in [-0.25, -0.2) is 13.8 Å². The van der Waals surface area contributed by atoms with E-state index in [1.807, 2.05) is 0 Å². The molecule has 0 aliphatic heterocycles. The van der Waals surface area contributed by atoms with Crippen LogP contribution < -0.4 is 0 Å². The second-order valence-electron chi connectivity index (χ2n) is 3.26. The summed E-state index contributed by atoms with van der Waals surface area (Å²) in [5, 5.41) is 10.4. The van der Waals surface area contributed by atoms with Crippen LogP contribution in [0.4, 0.5) is 19.5 Å². The molecular formula is C11H6F2N2O2S. The van der Waals surface area contributed by atoms with E-state index in [1.54, 1.807) is 0 Å². The normalized spacial score (nSPS) is 11.0. The van der Waals surface area contributed by atoms with Crippen molar-refractivity contribution in [3.63, 3.8) is 0 Å². The number of nitrogens with zero attached hydrogens (tertiary/aromatic N) is 2. The maximum Gasteiger partial charge on any atom is 0.324 e. The van der Waals surface area contributed by atoms with Crippen LogP contribution in [0.25, 0.3) is 0 Å². The molecule has 2 aromatic rings. The van der Waals surface area contributed by atoms with Crippen LogP contribution >= 0.6 is 11.3 Å². The third kappa shape index (κ3) is 2.57. The third-order valence-electron chi connectivity index (χ3n) is 2.05. The fourth-order valence-corrected chi connectivity index (χ4v) is 1.94. The van der Waals surface area contributed by atoms with Gasteiger partial charge in [0.15, 0.2) is 11.6 Å². The largest absolute Gasteiger partial charge is 0.324 e. The van der Waals surface area contributed by atoms with Gasteiger partial charge in [0, 0.05) is 12.3 Å². The van der Waals surface area contributed by atoms with E-state index in [0.29, 0.717) is 4.88 Å². The summed E-state index contributed by atoms with van der Waals surface area (Å²) in [5.41, 5.74) is -0.409. The van der Waals surface area contributed by atoms with E-state index in [4.69, 9.17) is 0 Å². The number of halogens is 2. The van der Waals surface area contributed by atoms with Crippen molar-refractivity contribution in [1.29, 1.82) is 0 Å². The summed E-state index contributed by atoms with van der Waals surface area (Å²) < 4.78 is 26.5. The highest BCUT2D eigenvalue weighted by Gasteiger charge is 2.09. The quantitative estimate of drug-likeness (QED) is 0.484. The Kier molecular flexibility index (Phi) is 3.42. The molecule has 0 aliphatic rings. The standard InChI is InChI=1S/C11H6F2N2O2S/c12-8-2-1-3-9(13)11(8)14-6-7-4-5-10(18-7)15(16)17/h1-6H. The zero-order valence-electron chi connectivity index (χ0n) is 8.84. The molecule has 0 amide bonds. The van der Waals surface area contributed by atoms with Gasteiger partial charge in [0.1, 0.15) is 5.69 Å². The van der Waals surface area contributed by atoms with E-state index in [1.165, 1.54) is 24.4 Å². The van der Waals surface area contributed by atoms with Crippen LogP contribution in [-0.2, 0) is 0 Å². The Balaban J connectivity index is 2.27. The Morgan fingerprint density at radius 3 is 2.44 bits per heavy atom. The minimum absolute atomic E-state index is 0.0505. The lowest BCUT2D eigenvalue weighted by Gasteiger charge is -1.96. The first kappa shape index (κ1) is 12.3. The molecule has 4 nitrogen and oxygen atoms in total. The van der Waals surface area contributed by atoms with E-state index in [0.717, 1.165) is 23.5 Å². The molecule has 0 spiro atoms. The first-order chi connectivity index (χ1) is 8.58. The van der Waals surface area contributed by atoms with Crippen LogP contribution in [0.2, 0.25) is 0 Å². The molecule has 0 saturated carbocycles. The van der Waals surface area contributed by atoms with Gasteiger partial charge in [-0.1, -0.05) is 17.4 Å². The average Bonchev–Trinajstić information content (AvgIpc) is 2.77. The Labute approximate surface area is 104 Å². The molecule has 2 rings (SSSR count). The molecule has 0 radical (unpaired) electrons. The van der Waals surface area contributed by atoms with Gasteiger partial charge in [0.05, 0.1) is 9.80 Å². The highest BCUT2D eigenvalue weighted by atomic mass is 32.1. The predicted molar refractivity (Wildman–Crippen MR) is 64.6 cm³/mol. The van der Waals surface area contributed by atoms with Crippen LogP contribution in [0.5, 0.6) is 0 Å². The molecule has 0 atom stereocenters. The molecule has 0 saturated heterocycles. The molecule has 0 unspecified atom stereocenters. The molecule has 1 aromatic heterocycles. The summed E-state index contributed by atoms with van der Waals surface area (Å²) >= 11 is 0.879. The summed E-state index contributed by atoms with van der Waals surface area (Å²) in [6.45, 7) is 0. The molecular weight excluding hydrogens is 262 g/mol. The summed E-state index contributed by atoms with van der Waals surface area (Å²) in [4.78, 5) is 14.0. The van der Waals surface area contributed by atoms with Crippen LogP contribution in [0.3, 0.4) is 0 Å². The first-order valence-corrected chi connectivity index (χ1v) is 5.62. The Morgan fingerprint density at radius 2 is 1.89 bits per heavy atom. The molecule has 0 bridgehead atoms. The predicted octanol–water partition coefficient (Wildman–Crippen LogP) is 3.69. The van der Waals surface area contributed by atoms with E-state index < -0.39 is 22.2 Å². The van der Waals surface area contributed by atoms with Crippen molar-refractivity contribution in [3.8, 4) is 0 Å². The van der Waals surface area contributed by atoms with E-state index in [-0.39, 0.29) is 5.00 Å². The van der Waals surface area contributed by atoms with Crippen LogP contribution in [0, 0.1) is 21.7 Å². The summed E-state index contributed by atoms with van der Waals surface area (Å²) in [7, 11) is 0. The lowest BCUT2D eigenvalue weighted by Crippen LogP contribution is -1.82. The molecule has 1 heterocycles. The fraction of sp³-hybridized carbons (Fsp3) is 0. The summed E-state index contributed by atoms with van der Waals surface area (Å²) in [6.07, 6.45) is 1.19. The van der Waals surface area contributed by atoms with E-state index >= 15 is 0 Å². The van der Waals surface area contributed by atoms with Crippen LogP contribution in [-0.4, -0.2) is 11.1 Å². The molecule has 0 aliphatic carbocycles. The SMILES string of the molecule is O=[N+]([O-])c1ccc(C=Nc2c(F)cccc2F)s1. The molecule has 0 N–H and O–H groups in total. The van der Waals surface area contributed by atoms with Crippen molar-refractivity contribution in [2.24, 2.45) is 4.99 Å². The van der Waals surface area contributed by atoms with Gasteiger partial charge in [-0.3, -0.25) is 10.1 Å². The van der Waals surface area contributed by atoms with Crippen LogP contribution in [0.15, 0.2) is 35.3 Å². The zero-order chi connectivity index (χ0) is 13.1. The maximum absolute atomic E-state index is 13.2. The Morgan fingerprint density at radius 1 is 1.22 bits per heavy atom. The monoisotopic (exact) mass is 268 g/mol. The number of hydrogen-bond acceptors (Lipinski definition) is 4. The van der Waals surface area contributed by atoms with Crippen molar-refractivity contribution < 1.29 is 13.7 Å². The Bertz CT molecular complexity index is 605. The molecule has 7 heteroatoms. The van der Waals surface area contributed by atoms with Gasteiger partial charge < -0.3 is 0 Å². The van der Waals surface area contributed by atoms with E-state index in [2.05, 4.69) is 4.99 Å². The molecule has 92 valence electrons.